The van der Waals surface area contributed by atoms with E-state index < -0.39 is 5.66 Å². The van der Waals surface area contributed by atoms with Crippen molar-refractivity contribution < 1.29 is 0 Å². The summed E-state index contributed by atoms with van der Waals surface area (Å²) >= 11 is 0. The molecule has 0 bridgehead atoms. The second kappa shape index (κ2) is 4.52. The van der Waals surface area contributed by atoms with Crippen molar-refractivity contribution in [2.24, 2.45) is 11.7 Å². The van der Waals surface area contributed by atoms with Crippen molar-refractivity contribution in [2.45, 2.75) is 25.9 Å². The van der Waals surface area contributed by atoms with E-state index in [4.69, 9.17) is 11.7 Å². The summed E-state index contributed by atoms with van der Waals surface area (Å²) in [6, 6.07) is 8.17. The highest BCUT2D eigenvalue weighted by Gasteiger charge is 2.22. The molecule has 0 aliphatic carbocycles. The number of hydrazine groups is 2. The first-order valence-electron chi connectivity index (χ1n) is 4.71. The maximum Gasteiger partial charge on any atom is 0.117 e. The van der Waals surface area contributed by atoms with Gasteiger partial charge in [0.05, 0.1) is 0 Å². The molecule has 1 rings (SSSR count). The van der Waals surface area contributed by atoms with Crippen LogP contribution in [0.3, 0.4) is 0 Å². The molecular weight excluding hydrogens is 176 g/mol. The SMILES string of the molecule is CCc1ccc(C(C)(NN)NN)cc1. The predicted molar refractivity (Wildman–Crippen MR) is 57.8 cm³/mol. The van der Waals surface area contributed by atoms with Gasteiger partial charge in [0.1, 0.15) is 5.66 Å². The van der Waals surface area contributed by atoms with Gasteiger partial charge in [-0.1, -0.05) is 31.2 Å². The molecule has 4 nitrogen and oxygen atoms in total. The number of nitrogens with two attached hydrogens (primary N) is 2. The summed E-state index contributed by atoms with van der Waals surface area (Å²) in [5.74, 6) is 10.9. The van der Waals surface area contributed by atoms with E-state index in [-0.39, 0.29) is 0 Å². The van der Waals surface area contributed by atoms with Crippen LogP contribution >= 0.6 is 0 Å². The molecule has 0 aliphatic rings. The molecule has 1 aromatic carbocycles. The molecule has 6 N–H and O–H groups in total. The minimum Gasteiger partial charge on any atom is -0.269 e. The summed E-state index contributed by atoms with van der Waals surface area (Å²) in [7, 11) is 0. The Labute approximate surface area is 84.6 Å². The average molecular weight is 194 g/mol. The molecule has 0 heterocycles. The summed E-state index contributed by atoms with van der Waals surface area (Å²) in [4.78, 5) is 0. The third-order valence-electron chi connectivity index (χ3n) is 2.52. The lowest BCUT2D eigenvalue weighted by Gasteiger charge is -2.28. The number of rotatable bonds is 4. The quantitative estimate of drug-likeness (QED) is 0.317. The van der Waals surface area contributed by atoms with Crippen LogP contribution < -0.4 is 22.5 Å². The second-order valence-corrected chi connectivity index (χ2v) is 3.46. The van der Waals surface area contributed by atoms with Crippen LogP contribution in [0.4, 0.5) is 0 Å². The van der Waals surface area contributed by atoms with Gasteiger partial charge >= 0.3 is 0 Å². The number of nitrogens with one attached hydrogen (secondary N) is 2. The Morgan fingerprint density at radius 2 is 1.64 bits per heavy atom. The van der Waals surface area contributed by atoms with E-state index in [1.54, 1.807) is 0 Å². The first kappa shape index (κ1) is 11.1. The smallest absolute Gasteiger partial charge is 0.117 e. The molecule has 0 amide bonds. The molecule has 78 valence electrons. The Hall–Kier alpha value is -0.940. The number of aryl methyl sites for hydroxylation is 1. The summed E-state index contributed by atoms with van der Waals surface area (Å²) in [5.41, 5.74) is 7.02. The van der Waals surface area contributed by atoms with Crippen molar-refractivity contribution in [3.63, 3.8) is 0 Å². The Kier molecular flexibility index (Phi) is 3.60. The predicted octanol–water partition coefficient (Wildman–Crippen LogP) is 0.348. The number of benzene rings is 1. The third kappa shape index (κ3) is 2.10. The lowest BCUT2D eigenvalue weighted by atomic mass is 10.0. The van der Waals surface area contributed by atoms with Crippen LogP contribution in [-0.4, -0.2) is 0 Å². The van der Waals surface area contributed by atoms with Crippen molar-refractivity contribution in [2.75, 3.05) is 0 Å². The molecule has 4 heteroatoms. The normalized spacial score (nSPS) is 11.7. The molecule has 14 heavy (non-hydrogen) atoms. The minimum atomic E-state index is -0.577. The van der Waals surface area contributed by atoms with Gasteiger partial charge in [-0.2, -0.15) is 0 Å². The van der Waals surface area contributed by atoms with Gasteiger partial charge in [0.25, 0.3) is 0 Å². The number of hydrogen-bond donors (Lipinski definition) is 4. The van der Waals surface area contributed by atoms with Crippen LogP contribution in [0.5, 0.6) is 0 Å². The molecular formula is C10H18N4. The van der Waals surface area contributed by atoms with Crippen molar-refractivity contribution in [1.29, 1.82) is 0 Å². The average Bonchev–Trinajstić information content (AvgIpc) is 2.28. The highest BCUT2D eigenvalue weighted by Crippen LogP contribution is 2.16. The van der Waals surface area contributed by atoms with Crippen molar-refractivity contribution in [1.82, 2.24) is 10.9 Å². The largest absolute Gasteiger partial charge is 0.269 e. The van der Waals surface area contributed by atoms with E-state index in [0.29, 0.717) is 0 Å². The molecule has 0 radical (unpaired) electrons. The van der Waals surface area contributed by atoms with Crippen LogP contribution in [0, 0.1) is 0 Å². The van der Waals surface area contributed by atoms with E-state index in [9.17, 15) is 0 Å². The van der Waals surface area contributed by atoms with E-state index in [0.717, 1.165) is 12.0 Å². The van der Waals surface area contributed by atoms with Crippen molar-refractivity contribution in [3.05, 3.63) is 35.4 Å². The highest BCUT2D eigenvalue weighted by molar-refractivity contribution is 5.27. The van der Waals surface area contributed by atoms with E-state index in [1.807, 2.05) is 19.1 Å². The van der Waals surface area contributed by atoms with Gasteiger partial charge in [0.2, 0.25) is 0 Å². The molecule has 0 aromatic heterocycles. The monoisotopic (exact) mass is 194 g/mol. The molecule has 0 fully saturated rings. The van der Waals surface area contributed by atoms with E-state index >= 15 is 0 Å². The Balaban J connectivity index is 2.95. The van der Waals surface area contributed by atoms with Gasteiger partial charge in [0, 0.05) is 0 Å². The zero-order chi connectivity index (χ0) is 10.6. The van der Waals surface area contributed by atoms with Crippen molar-refractivity contribution >= 4 is 0 Å². The van der Waals surface area contributed by atoms with E-state index in [1.165, 1.54) is 5.56 Å². The summed E-state index contributed by atoms with van der Waals surface area (Å²) in [6.07, 6.45) is 1.03. The standard InChI is InChI=1S/C10H18N4/c1-3-8-4-6-9(7-5-8)10(2,13-11)14-12/h4-7,13-14H,3,11-12H2,1-2H3. The fourth-order valence-electron chi connectivity index (χ4n) is 1.28. The van der Waals surface area contributed by atoms with Gasteiger partial charge < -0.3 is 0 Å². The van der Waals surface area contributed by atoms with Gasteiger partial charge in [-0.25, -0.2) is 10.9 Å². The maximum absolute atomic E-state index is 5.43. The maximum atomic E-state index is 5.43. The number of hydrogen-bond acceptors (Lipinski definition) is 4. The zero-order valence-corrected chi connectivity index (χ0v) is 8.67. The van der Waals surface area contributed by atoms with Crippen LogP contribution in [0.15, 0.2) is 24.3 Å². The van der Waals surface area contributed by atoms with Crippen LogP contribution in [0.2, 0.25) is 0 Å². The fraction of sp³-hybridized carbons (Fsp3) is 0.400. The lowest BCUT2D eigenvalue weighted by Crippen LogP contribution is -2.57. The van der Waals surface area contributed by atoms with Gasteiger partial charge in [-0.15, -0.1) is 0 Å². The van der Waals surface area contributed by atoms with Gasteiger partial charge in [-0.05, 0) is 24.5 Å². The lowest BCUT2D eigenvalue weighted by molar-refractivity contribution is 0.297. The second-order valence-electron chi connectivity index (χ2n) is 3.46. The summed E-state index contributed by atoms with van der Waals surface area (Å²) < 4.78 is 0. The van der Waals surface area contributed by atoms with Crippen LogP contribution in [0.1, 0.15) is 25.0 Å². The Bertz CT molecular complexity index is 277. The molecule has 1 aromatic rings. The molecule has 0 saturated heterocycles. The molecule has 0 unspecified atom stereocenters. The topological polar surface area (TPSA) is 76.1 Å². The Morgan fingerprint density at radius 3 is 2.00 bits per heavy atom. The Morgan fingerprint density at radius 1 is 1.14 bits per heavy atom. The van der Waals surface area contributed by atoms with Gasteiger partial charge in [0.15, 0.2) is 0 Å². The third-order valence-corrected chi connectivity index (χ3v) is 2.52. The fourth-order valence-corrected chi connectivity index (χ4v) is 1.28. The van der Waals surface area contributed by atoms with Crippen molar-refractivity contribution in [3.8, 4) is 0 Å². The molecule has 0 aliphatic heterocycles. The first-order chi connectivity index (χ1) is 6.66. The molecule has 0 atom stereocenters. The summed E-state index contributed by atoms with van der Waals surface area (Å²) in [5, 5.41) is 0. The first-order valence-corrected chi connectivity index (χ1v) is 4.71. The summed E-state index contributed by atoms with van der Waals surface area (Å²) in [6.45, 7) is 4.00. The van der Waals surface area contributed by atoms with E-state index in [2.05, 4.69) is 29.9 Å². The molecule has 0 spiro atoms. The van der Waals surface area contributed by atoms with Gasteiger partial charge in [-0.3, -0.25) is 11.7 Å². The van der Waals surface area contributed by atoms with Crippen LogP contribution in [-0.2, 0) is 12.1 Å². The minimum absolute atomic E-state index is 0.577. The van der Waals surface area contributed by atoms with Crippen LogP contribution in [0.25, 0.3) is 0 Å². The zero-order valence-electron chi connectivity index (χ0n) is 8.67. The highest BCUT2D eigenvalue weighted by atomic mass is 15.4. The molecule has 0 saturated carbocycles.